The van der Waals surface area contributed by atoms with Gasteiger partial charge in [-0.15, -0.1) is 0 Å². The maximum atomic E-state index is 12.5. The third-order valence-electron chi connectivity index (χ3n) is 4.18. The van der Waals surface area contributed by atoms with E-state index < -0.39 is 0 Å². The molecule has 1 aromatic carbocycles. The fourth-order valence-electron chi connectivity index (χ4n) is 2.87. The number of urea groups is 1. The summed E-state index contributed by atoms with van der Waals surface area (Å²) in [6.07, 6.45) is 2.14. The number of nitrogens with one attached hydrogen (secondary N) is 2. The monoisotopic (exact) mass is 349 g/mol. The van der Waals surface area contributed by atoms with Crippen molar-refractivity contribution in [3.8, 4) is 0 Å². The molecular weight excluding hydrogens is 326 g/mol. The van der Waals surface area contributed by atoms with Crippen molar-refractivity contribution in [2.45, 2.75) is 18.9 Å². The van der Waals surface area contributed by atoms with Crippen molar-refractivity contribution in [3.63, 3.8) is 0 Å². The molecule has 0 bridgehead atoms. The molecule has 3 amide bonds. The highest BCUT2D eigenvalue weighted by Gasteiger charge is 2.19. The number of rotatable bonds is 4. The lowest BCUT2D eigenvalue weighted by atomic mass is 10.1. The molecule has 0 saturated carbocycles. The Hall–Kier alpha value is -1.73. The zero-order valence-corrected chi connectivity index (χ0v) is 14.4. The van der Waals surface area contributed by atoms with Gasteiger partial charge >= 0.3 is 6.03 Å². The SMILES string of the molecule is O=C(NCC1CCCO1)Nc1cccc(C(=O)N2CCSCC2)c1. The quantitative estimate of drug-likeness (QED) is 0.874. The molecule has 1 unspecified atom stereocenters. The molecule has 2 aliphatic heterocycles. The van der Waals surface area contributed by atoms with Crippen molar-refractivity contribution in [1.29, 1.82) is 0 Å². The number of benzene rings is 1. The Morgan fingerprint density at radius 2 is 2.12 bits per heavy atom. The van der Waals surface area contributed by atoms with Crippen molar-refractivity contribution >= 4 is 29.4 Å². The van der Waals surface area contributed by atoms with Gasteiger partial charge in [0, 0.05) is 49.0 Å². The van der Waals surface area contributed by atoms with Crippen LogP contribution in [-0.2, 0) is 4.74 Å². The normalized spacial score (nSPS) is 20.7. The number of anilines is 1. The van der Waals surface area contributed by atoms with Crippen LogP contribution in [-0.4, -0.2) is 60.7 Å². The summed E-state index contributed by atoms with van der Waals surface area (Å²) in [5.74, 6) is 1.99. The second-order valence-corrected chi connectivity index (χ2v) is 7.18. The van der Waals surface area contributed by atoms with Gasteiger partial charge in [0.25, 0.3) is 5.91 Å². The lowest BCUT2D eigenvalue weighted by Gasteiger charge is -2.26. The summed E-state index contributed by atoms with van der Waals surface area (Å²) >= 11 is 1.87. The fourth-order valence-corrected chi connectivity index (χ4v) is 3.77. The van der Waals surface area contributed by atoms with E-state index in [1.165, 1.54) is 0 Å². The molecule has 0 radical (unpaired) electrons. The Labute approximate surface area is 146 Å². The van der Waals surface area contributed by atoms with Crippen molar-refractivity contribution in [3.05, 3.63) is 29.8 Å². The molecule has 3 rings (SSSR count). The van der Waals surface area contributed by atoms with E-state index in [2.05, 4.69) is 10.6 Å². The first-order valence-corrected chi connectivity index (χ1v) is 9.51. The second kappa shape index (κ2) is 8.39. The summed E-state index contributed by atoms with van der Waals surface area (Å²) < 4.78 is 5.48. The number of ether oxygens (including phenoxy) is 1. The Kier molecular flexibility index (Phi) is 5.98. The van der Waals surface area contributed by atoms with Gasteiger partial charge < -0.3 is 20.3 Å². The van der Waals surface area contributed by atoms with Crippen molar-refractivity contribution < 1.29 is 14.3 Å². The summed E-state index contributed by atoms with van der Waals surface area (Å²) in [5.41, 5.74) is 1.23. The van der Waals surface area contributed by atoms with Gasteiger partial charge in [-0.1, -0.05) is 6.07 Å². The fraction of sp³-hybridized carbons (Fsp3) is 0.529. The van der Waals surface area contributed by atoms with Crippen LogP contribution >= 0.6 is 11.8 Å². The van der Waals surface area contributed by atoms with E-state index in [-0.39, 0.29) is 18.0 Å². The standard InChI is InChI=1S/C17H23N3O3S/c21-16(20-6-9-24-10-7-20)13-3-1-4-14(11-13)19-17(22)18-12-15-5-2-8-23-15/h1,3-4,11,15H,2,5-10,12H2,(H2,18,19,22). The van der Waals surface area contributed by atoms with Gasteiger partial charge in [0.1, 0.15) is 0 Å². The largest absolute Gasteiger partial charge is 0.376 e. The number of hydrogen-bond donors (Lipinski definition) is 2. The smallest absolute Gasteiger partial charge is 0.319 e. The summed E-state index contributed by atoms with van der Waals surface area (Å²) in [6, 6.07) is 6.83. The van der Waals surface area contributed by atoms with Crippen molar-refractivity contribution in [2.75, 3.05) is 43.1 Å². The van der Waals surface area contributed by atoms with Crippen LogP contribution in [0, 0.1) is 0 Å². The zero-order valence-electron chi connectivity index (χ0n) is 13.6. The highest BCUT2D eigenvalue weighted by molar-refractivity contribution is 7.99. The number of hydrogen-bond acceptors (Lipinski definition) is 4. The van der Waals surface area contributed by atoms with Gasteiger partial charge in [0.2, 0.25) is 0 Å². The predicted molar refractivity (Wildman–Crippen MR) is 95.7 cm³/mol. The predicted octanol–water partition coefficient (Wildman–Crippen LogP) is 2.18. The zero-order chi connectivity index (χ0) is 16.8. The topological polar surface area (TPSA) is 70.7 Å². The van der Waals surface area contributed by atoms with E-state index in [0.717, 1.165) is 44.0 Å². The number of carbonyl (C=O) groups is 2. The highest BCUT2D eigenvalue weighted by atomic mass is 32.2. The molecular formula is C17H23N3O3S. The van der Waals surface area contributed by atoms with Crippen LogP contribution in [0.2, 0.25) is 0 Å². The summed E-state index contributed by atoms with van der Waals surface area (Å²) in [5, 5.41) is 5.60. The maximum absolute atomic E-state index is 12.5. The number of thioether (sulfide) groups is 1. The van der Waals surface area contributed by atoms with Crippen LogP contribution in [0.15, 0.2) is 24.3 Å². The Balaban J connectivity index is 1.54. The van der Waals surface area contributed by atoms with E-state index in [0.29, 0.717) is 17.8 Å². The average molecular weight is 349 g/mol. The lowest BCUT2D eigenvalue weighted by molar-refractivity contribution is 0.0772. The van der Waals surface area contributed by atoms with Gasteiger partial charge in [-0.2, -0.15) is 11.8 Å². The second-order valence-electron chi connectivity index (χ2n) is 5.96. The maximum Gasteiger partial charge on any atom is 0.319 e. The van der Waals surface area contributed by atoms with Crippen LogP contribution in [0.3, 0.4) is 0 Å². The van der Waals surface area contributed by atoms with Crippen LogP contribution in [0.5, 0.6) is 0 Å². The molecule has 2 aliphatic rings. The Morgan fingerprint density at radius 3 is 2.88 bits per heavy atom. The van der Waals surface area contributed by atoms with E-state index >= 15 is 0 Å². The Morgan fingerprint density at radius 1 is 1.29 bits per heavy atom. The number of carbonyl (C=O) groups excluding carboxylic acids is 2. The summed E-state index contributed by atoms with van der Waals surface area (Å²) in [7, 11) is 0. The highest BCUT2D eigenvalue weighted by Crippen LogP contribution is 2.16. The molecule has 2 saturated heterocycles. The molecule has 2 N–H and O–H groups in total. The molecule has 2 fully saturated rings. The molecule has 130 valence electrons. The van der Waals surface area contributed by atoms with Gasteiger partial charge in [-0.25, -0.2) is 4.79 Å². The molecule has 1 aromatic rings. The number of amides is 3. The van der Waals surface area contributed by atoms with E-state index in [4.69, 9.17) is 4.74 Å². The van der Waals surface area contributed by atoms with Crippen LogP contribution in [0.4, 0.5) is 10.5 Å². The van der Waals surface area contributed by atoms with Crippen LogP contribution < -0.4 is 10.6 Å². The van der Waals surface area contributed by atoms with E-state index in [9.17, 15) is 9.59 Å². The average Bonchev–Trinajstić information content (AvgIpc) is 3.14. The minimum atomic E-state index is -0.274. The molecule has 7 heteroatoms. The third-order valence-corrected chi connectivity index (χ3v) is 5.12. The van der Waals surface area contributed by atoms with Crippen molar-refractivity contribution in [2.24, 2.45) is 0 Å². The molecule has 1 atom stereocenters. The first kappa shape index (κ1) is 17.1. The first-order chi connectivity index (χ1) is 11.7. The summed E-state index contributed by atoms with van der Waals surface area (Å²) in [6.45, 7) is 2.84. The van der Waals surface area contributed by atoms with Gasteiger partial charge in [0.15, 0.2) is 0 Å². The van der Waals surface area contributed by atoms with Crippen LogP contribution in [0.25, 0.3) is 0 Å². The van der Waals surface area contributed by atoms with E-state index in [1.54, 1.807) is 24.3 Å². The molecule has 2 heterocycles. The van der Waals surface area contributed by atoms with Gasteiger partial charge in [-0.3, -0.25) is 4.79 Å². The minimum Gasteiger partial charge on any atom is -0.376 e. The minimum absolute atomic E-state index is 0.0266. The Bertz CT molecular complexity index is 584. The first-order valence-electron chi connectivity index (χ1n) is 8.36. The lowest BCUT2D eigenvalue weighted by Crippen LogP contribution is -2.38. The molecule has 0 aliphatic carbocycles. The number of nitrogens with zero attached hydrogens (tertiary/aromatic N) is 1. The molecule has 24 heavy (non-hydrogen) atoms. The molecule has 6 nitrogen and oxygen atoms in total. The third kappa shape index (κ3) is 4.64. The van der Waals surface area contributed by atoms with Gasteiger partial charge in [-0.05, 0) is 31.0 Å². The van der Waals surface area contributed by atoms with Crippen LogP contribution in [0.1, 0.15) is 23.2 Å². The van der Waals surface area contributed by atoms with Crippen molar-refractivity contribution in [1.82, 2.24) is 10.2 Å². The summed E-state index contributed by atoms with van der Waals surface area (Å²) in [4.78, 5) is 26.4. The molecule has 0 aromatic heterocycles. The molecule has 0 spiro atoms. The van der Waals surface area contributed by atoms with Gasteiger partial charge in [0.05, 0.1) is 6.10 Å². The van der Waals surface area contributed by atoms with E-state index in [1.807, 2.05) is 16.7 Å².